The van der Waals surface area contributed by atoms with Crippen molar-refractivity contribution in [1.82, 2.24) is 0 Å². The number of hydrogen-bond acceptors (Lipinski definition) is 2. The Morgan fingerprint density at radius 1 is 0.929 bits per heavy atom. The van der Waals surface area contributed by atoms with Crippen molar-refractivity contribution in [3.63, 3.8) is 0 Å². The third-order valence-electron chi connectivity index (χ3n) is 2.58. The Morgan fingerprint density at radius 3 is 1.57 bits per heavy atom. The quantitative estimate of drug-likeness (QED) is 0.659. The normalized spacial score (nSPS) is 30.0. The van der Waals surface area contributed by atoms with Crippen molar-refractivity contribution in [2.24, 2.45) is 11.8 Å². The van der Waals surface area contributed by atoms with Crippen LogP contribution in [0.4, 0.5) is 0 Å². The minimum absolute atomic E-state index is 0.419. The van der Waals surface area contributed by atoms with Crippen molar-refractivity contribution in [2.75, 3.05) is 0 Å². The molecule has 0 aromatic rings. The molecule has 1 aliphatic rings. The van der Waals surface area contributed by atoms with Crippen LogP contribution in [0.1, 0.15) is 25.7 Å². The van der Waals surface area contributed by atoms with E-state index in [1.54, 1.807) is 0 Å². The fourth-order valence-corrected chi connectivity index (χ4v) is 1.78. The van der Waals surface area contributed by atoms with Gasteiger partial charge in [-0.25, -0.2) is 0 Å². The van der Waals surface area contributed by atoms with Gasteiger partial charge < -0.3 is 10.2 Å². The van der Waals surface area contributed by atoms with Crippen molar-refractivity contribution in [1.29, 1.82) is 0 Å². The zero-order valence-corrected chi connectivity index (χ0v) is 7.85. The van der Waals surface area contributed by atoms with E-state index >= 15 is 0 Å². The smallest absolute Gasteiger partial charge is 0.307 e. The van der Waals surface area contributed by atoms with Crippen LogP contribution in [0.3, 0.4) is 0 Å². The first-order valence-electron chi connectivity index (χ1n) is 4.73. The van der Waals surface area contributed by atoms with Gasteiger partial charge in [0, 0.05) is 0 Å². The third-order valence-corrected chi connectivity index (χ3v) is 2.58. The molecule has 0 saturated heterocycles. The van der Waals surface area contributed by atoms with E-state index in [0.717, 1.165) is 0 Å². The van der Waals surface area contributed by atoms with Crippen molar-refractivity contribution in [3.8, 4) is 0 Å². The molecule has 2 N–H and O–H groups in total. The molecule has 1 rings (SSSR count). The minimum atomic E-state index is -0.993. The third kappa shape index (κ3) is 2.58. The number of aliphatic carboxylic acids is 2. The van der Waals surface area contributed by atoms with Crippen molar-refractivity contribution in [3.05, 3.63) is 12.2 Å². The van der Waals surface area contributed by atoms with Crippen LogP contribution in [-0.4, -0.2) is 22.2 Å². The summed E-state index contributed by atoms with van der Waals surface area (Å²) in [6.07, 6.45) is 6.00. The molecule has 2 unspecified atom stereocenters. The molecule has 1 aliphatic carbocycles. The van der Waals surface area contributed by atoms with E-state index in [9.17, 15) is 9.59 Å². The monoisotopic (exact) mass is 198 g/mol. The highest BCUT2D eigenvalue weighted by Gasteiger charge is 2.32. The fraction of sp³-hybridized carbons (Fsp3) is 0.600. The van der Waals surface area contributed by atoms with Gasteiger partial charge in [-0.1, -0.05) is 12.2 Å². The summed E-state index contributed by atoms with van der Waals surface area (Å²) < 4.78 is 0. The molecule has 0 bridgehead atoms. The van der Waals surface area contributed by atoms with E-state index in [0.29, 0.717) is 25.7 Å². The van der Waals surface area contributed by atoms with Gasteiger partial charge >= 0.3 is 11.9 Å². The van der Waals surface area contributed by atoms with E-state index in [4.69, 9.17) is 10.2 Å². The number of allylic oxidation sites excluding steroid dienone is 2. The van der Waals surface area contributed by atoms with Crippen LogP contribution in [0.2, 0.25) is 0 Å². The number of carbonyl (C=O) groups is 2. The van der Waals surface area contributed by atoms with E-state index in [1.807, 2.05) is 12.2 Å². The first kappa shape index (κ1) is 10.8. The van der Waals surface area contributed by atoms with Gasteiger partial charge in [0.2, 0.25) is 0 Å². The maximum atomic E-state index is 10.8. The maximum absolute atomic E-state index is 10.8. The highest BCUT2D eigenvalue weighted by Crippen LogP contribution is 2.25. The summed E-state index contributed by atoms with van der Waals surface area (Å²) in [4.78, 5) is 21.7. The van der Waals surface area contributed by atoms with Crippen molar-refractivity contribution in [2.45, 2.75) is 25.7 Å². The highest BCUT2D eigenvalue weighted by molar-refractivity contribution is 5.80. The molecule has 14 heavy (non-hydrogen) atoms. The van der Waals surface area contributed by atoms with Crippen LogP contribution in [0.5, 0.6) is 0 Å². The van der Waals surface area contributed by atoms with Crippen LogP contribution in [-0.2, 0) is 9.59 Å². The maximum Gasteiger partial charge on any atom is 0.307 e. The van der Waals surface area contributed by atoms with Gasteiger partial charge in [0.05, 0.1) is 11.8 Å². The molecule has 4 nitrogen and oxygen atoms in total. The second-order valence-electron chi connectivity index (χ2n) is 3.52. The number of carboxylic acids is 2. The largest absolute Gasteiger partial charge is 0.481 e. The summed E-state index contributed by atoms with van der Waals surface area (Å²) in [7, 11) is 0. The molecular formula is C10H14O4. The molecule has 2 atom stereocenters. The lowest BCUT2D eigenvalue weighted by Crippen LogP contribution is -2.30. The Labute approximate surface area is 82.2 Å². The van der Waals surface area contributed by atoms with Gasteiger partial charge in [-0.2, -0.15) is 0 Å². The Kier molecular flexibility index (Phi) is 3.68. The molecule has 0 heterocycles. The van der Waals surface area contributed by atoms with E-state index in [-0.39, 0.29) is 0 Å². The van der Waals surface area contributed by atoms with E-state index in [1.165, 1.54) is 0 Å². The highest BCUT2D eigenvalue weighted by atomic mass is 16.4. The molecular weight excluding hydrogens is 184 g/mol. The lowest BCUT2D eigenvalue weighted by atomic mass is 9.83. The standard InChI is InChI=1S/C10H14O4/c11-9(12)7-5-3-1-2-4-6-8(7)10(13)14/h1-2,7-8H,3-6H2,(H,11,12)(H,13,14)/b2-1-. The SMILES string of the molecule is O=C(O)C1CC/C=C\CCC1C(=O)O. The fourth-order valence-electron chi connectivity index (χ4n) is 1.78. The molecule has 0 aromatic carbocycles. The average Bonchev–Trinajstić information content (AvgIpc) is 2.01. The van der Waals surface area contributed by atoms with Crippen molar-refractivity contribution >= 4 is 11.9 Å². The van der Waals surface area contributed by atoms with Crippen molar-refractivity contribution < 1.29 is 19.8 Å². The van der Waals surface area contributed by atoms with Gasteiger partial charge in [0.25, 0.3) is 0 Å². The van der Waals surface area contributed by atoms with Crippen LogP contribution in [0, 0.1) is 11.8 Å². The number of hydrogen-bond donors (Lipinski definition) is 2. The topological polar surface area (TPSA) is 74.6 Å². The van der Waals surface area contributed by atoms with Gasteiger partial charge in [0.1, 0.15) is 0 Å². The summed E-state index contributed by atoms with van der Waals surface area (Å²) in [5, 5.41) is 17.8. The molecule has 0 aromatic heterocycles. The minimum Gasteiger partial charge on any atom is -0.481 e. The summed E-state index contributed by atoms with van der Waals surface area (Å²) >= 11 is 0. The zero-order valence-electron chi connectivity index (χ0n) is 7.85. The molecule has 4 heteroatoms. The van der Waals surface area contributed by atoms with Crippen LogP contribution in [0.25, 0.3) is 0 Å². The molecule has 0 fully saturated rings. The number of carboxylic acid groups (broad SMARTS) is 2. The second kappa shape index (κ2) is 4.79. The average molecular weight is 198 g/mol. The summed E-state index contributed by atoms with van der Waals surface area (Å²) in [5.41, 5.74) is 0. The molecule has 78 valence electrons. The van der Waals surface area contributed by atoms with E-state index in [2.05, 4.69) is 0 Å². The first-order chi connectivity index (χ1) is 6.63. The predicted octanol–water partition coefficient (Wildman–Crippen LogP) is 1.52. The summed E-state index contributed by atoms with van der Waals surface area (Å²) in [6.45, 7) is 0. The van der Waals surface area contributed by atoms with Crippen LogP contribution < -0.4 is 0 Å². The summed E-state index contributed by atoms with van der Waals surface area (Å²) in [6, 6.07) is 0. The number of rotatable bonds is 2. The molecule has 0 saturated carbocycles. The predicted molar refractivity (Wildman–Crippen MR) is 49.9 cm³/mol. The zero-order chi connectivity index (χ0) is 10.6. The molecule has 0 spiro atoms. The van der Waals surface area contributed by atoms with Crippen LogP contribution in [0.15, 0.2) is 12.2 Å². The molecule has 0 aliphatic heterocycles. The Balaban J connectivity index is 2.78. The Hall–Kier alpha value is -1.32. The lowest BCUT2D eigenvalue weighted by Gasteiger charge is -2.20. The van der Waals surface area contributed by atoms with Gasteiger partial charge in [-0.05, 0) is 25.7 Å². The Morgan fingerprint density at radius 2 is 1.29 bits per heavy atom. The second-order valence-corrected chi connectivity index (χ2v) is 3.52. The van der Waals surface area contributed by atoms with Gasteiger partial charge in [-0.15, -0.1) is 0 Å². The Bertz CT molecular complexity index is 231. The van der Waals surface area contributed by atoms with Crippen LogP contribution >= 0.6 is 0 Å². The van der Waals surface area contributed by atoms with E-state index < -0.39 is 23.8 Å². The lowest BCUT2D eigenvalue weighted by molar-refractivity contribution is -0.154. The summed E-state index contributed by atoms with van der Waals surface area (Å²) in [5.74, 6) is -3.46. The molecule has 0 radical (unpaired) electrons. The van der Waals surface area contributed by atoms with Gasteiger partial charge in [0.15, 0.2) is 0 Å². The molecule has 0 amide bonds. The first-order valence-corrected chi connectivity index (χ1v) is 4.73. The van der Waals surface area contributed by atoms with Gasteiger partial charge in [-0.3, -0.25) is 9.59 Å².